The predicted octanol–water partition coefficient (Wildman–Crippen LogP) is 3.33. The van der Waals surface area contributed by atoms with Crippen molar-refractivity contribution in [1.82, 2.24) is 10.2 Å². The normalized spacial score (nSPS) is 11.4. The van der Waals surface area contributed by atoms with Crippen molar-refractivity contribution < 1.29 is 19.1 Å². The van der Waals surface area contributed by atoms with Crippen molar-refractivity contribution in [1.29, 1.82) is 0 Å². The van der Waals surface area contributed by atoms with E-state index in [0.717, 1.165) is 23.3 Å². The highest BCUT2D eigenvalue weighted by Gasteiger charge is 2.26. The summed E-state index contributed by atoms with van der Waals surface area (Å²) in [5, 5.41) is 2.86. The fourth-order valence-corrected chi connectivity index (χ4v) is 2.84. The predicted molar refractivity (Wildman–Crippen MR) is 113 cm³/mol. The first-order chi connectivity index (χ1) is 13.9. The molecule has 0 radical (unpaired) electrons. The van der Waals surface area contributed by atoms with Gasteiger partial charge < -0.3 is 19.7 Å². The first kappa shape index (κ1) is 22.3. The zero-order chi connectivity index (χ0) is 21.2. The van der Waals surface area contributed by atoms with Crippen LogP contribution in [0.3, 0.4) is 0 Å². The van der Waals surface area contributed by atoms with Gasteiger partial charge in [-0.15, -0.1) is 0 Å². The van der Waals surface area contributed by atoms with E-state index in [1.807, 2.05) is 62.4 Å². The van der Waals surface area contributed by atoms with Gasteiger partial charge in [-0.1, -0.05) is 31.2 Å². The number of nitrogens with zero attached hydrogens (tertiary/aromatic N) is 1. The van der Waals surface area contributed by atoms with Gasteiger partial charge in [-0.25, -0.2) is 0 Å². The summed E-state index contributed by atoms with van der Waals surface area (Å²) in [6.45, 7) is 6.43. The minimum atomic E-state index is -0.614. The molecule has 2 aromatic rings. The Bertz CT molecular complexity index is 805. The zero-order valence-corrected chi connectivity index (χ0v) is 17.6. The Kier molecular flexibility index (Phi) is 8.52. The summed E-state index contributed by atoms with van der Waals surface area (Å²) in [6, 6.07) is 14.4. The molecule has 1 atom stereocenters. The van der Waals surface area contributed by atoms with Gasteiger partial charge >= 0.3 is 0 Å². The van der Waals surface area contributed by atoms with Crippen molar-refractivity contribution in [3.8, 4) is 11.5 Å². The maximum atomic E-state index is 12.9. The van der Waals surface area contributed by atoms with Crippen LogP contribution in [0.5, 0.6) is 11.5 Å². The molecular weight excluding hydrogens is 368 g/mol. The molecule has 0 aliphatic carbocycles. The molecule has 0 aliphatic heterocycles. The van der Waals surface area contributed by atoms with Crippen LogP contribution in [-0.2, 0) is 16.1 Å². The highest BCUT2D eigenvalue weighted by atomic mass is 16.5. The second-order valence-corrected chi connectivity index (χ2v) is 6.94. The maximum absolute atomic E-state index is 12.9. The second kappa shape index (κ2) is 11.1. The molecule has 2 rings (SSSR count). The third-order valence-corrected chi connectivity index (χ3v) is 4.58. The van der Waals surface area contributed by atoms with Gasteiger partial charge in [-0.05, 0) is 55.7 Å². The first-order valence-corrected chi connectivity index (χ1v) is 9.84. The van der Waals surface area contributed by atoms with Crippen LogP contribution in [0.15, 0.2) is 48.5 Å². The summed E-state index contributed by atoms with van der Waals surface area (Å²) in [7, 11) is 1.60. The number of amides is 2. The largest absolute Gasteiger partial charge is 0.497 e. The Morgan fingerprint density at radius 1 is 1.10 bits per heavy atom. The van der Waals surface area contributed by atoms with E-state index in [2.05, 4.69) is 5.32 Å². The molecule has 6 nitrogen and oxygen atoms in total. The Labute approximate surface area is 172 Å². The smallest absolute Gasteiger partial charge is 0.261 e. The zero-order valence-electron chi connectivity index (χ0n) is 17.6. The summed E-state index contributed by atoms with van der Waals surface area (Å²) in [5.74, 6) is 0.944. The molecule has 156 valence electrons. The minimum Gasteiger partial charge on any atom is -0.497 e. The quantitative estimate of drug-likeness (QED) is 0.667. The van der Waals surface area contributed by atoms with Gasteiger partial charge in [-0.2, -0.15) is 0 Å². The summed E-state index contributed by atoms with van der Waals surface area (Å²) < 4.78 is 10.9. The van der Waals surface area contributed by atoms with Crippen molar-refractivity contribution in [3.05, 3.63) is 59.7 Å². The first-order valence-electron chi connectivity index (χ1n) is 9.84. The van der Waals surface area contributed by atoms with Crippen LogP contribution in [0.25, 0.3) is 0 Å². The summed E-state index contributed by atoms with van der Waals surface area (Å²) in [6.07, 6.45) is 0.835. The number of hydrogen-bond acceptors (Lipinski definition) is 4. The monoisotopic (exact) mass is 398 g/mol. The molecule has 0 aliphatic rings. The van der Waals surface area contributed by atoms with Gasteiger partial charge in [-0.3, -0.25) is 9.59 Å². The molecule has 2 aromatic carbocycles. The topological polar surface area (TPSA) is 67.9 Å². The minimum absolute atomic E-state index is 0.134. The van der Waals surface area contributed by atoms with Crippen molar-refractivity contribution in [2.45, 2.75) is 39.8 Å². The molecule has 0 heterocycles. The SMILES string of the molecule is CCCNC(=O)C(C)N(Cc1ccc(OC)cc1)C(=O)COc1cccc(C)c1. The number of rotatable bonds is 10. The number of hydrogen-bond donors (Lipinski definition) is 1. The maximum Gasteiger partial charge on any atom is 0.261 e. The number of ether oxygens (including phenoxy) is 2. The Hall–Kier alpha value is -3.02. The lowest BCUT2D eigenvalue weighted by molar-refractivity contribution is -0.142. The fraction of sp³-hybridized carbons (Fsp3) is 0.391. The number of carbonyl (C=O) groups excluding carboxylic acids is 2. The molecule has 2 amide bonds. The van der Waals surface area contributed by atoms with Crippen LogP contribution in [0.2, 0.25) is 0 Å². The lowest BCUT2D eigenvalue weighted by Crippen LogP contribution is -2.49. The number of methoxy groups -OCH3 is 1. The number of aryl methyl sites for hydroxylation is 1. The van der Waals surface area contributed by atoms with E-state index in [9.17, 15) is 9.59 Å². The van der Waals surface area contributed by atoms with E-state index in [1.54, 1.807) is 18.9 Å². The van der Waals surface area contributed by atoms with Crippen LogP contribution in [0, 0.1) is 6.92 Å². The fourth-order valence-electron chi connectivity index (χ4n) is 2.84. The molecule has 29 heavy (non-hydrogen) atoms. The number of nitrogens with one attached hydrogen (secondary N) is 1. The van der Waals surface area contributed by atoms with Gasteiger partial charge in [0, 0.05) is 13.1 Å². The van der Waals surface area contributed by atoms with E-state index in [0.29, 0.717) is 18.8 Å². The van der Waals surface area contributed by atoms with Crippen molar-refractivity contribution in [3.63, 3.8) is 0 Å². The van der Waals surface area contributed by atoms with Gasteiger partial charge in [0.25, 0.3) is 5.91 Å². The molecule has 1 N–H and O–H groups in total. The van der Waals surface area contributed by atoms with Crippen molar-refractivity contribution >= 4 is 11.8 Å². The van der Waals surface area contributed by atoms with Crippen LogP contribution in [0.1, 0.15) is 31.4 Å². The molecule has 0 saturated heterocycles. The third-order valence-electron chi connectivity index (χ3n) is 4.58. The molecular formula is C23H30N2O4. The molecule has 1 unspecified atom stereocenters. The standard InChI is InChI=1S/C23H30N2O4/c1-5-13-24-23(27)18(3)25(15-19-9-11-20(28-4)12-10-19)22(26)16-29-21-8-6-7-17(2)14-21/h6-12,14,18H,5,13,15-16H2,1-4H3,(H,24,27). The summed E-state index contributed by atoms with van der Waals surface area (Å²) in [4.78, 5) is 27.0. The number of carbonyl (C=O) groups is 2. The molecule has 0 aromatic heterocycles. The molecule has 0 fully saturated rings. The Morgan fingerprint density at radius 3 is 2.45 bits per heavy atom. The second-order valence-electron chi connectivity index (χ2n) is 6.94. The van der Waals surface area contributed by atoms with Gasteiger partial charge in [0.15, 0.2) is 6.61 Å². The van der Waals surface area contributed by atoms with Gasteiger partial charge in [0.05, 0.1) is 7.11 Å². The lowest BCUT2D eigenvalue weighted by atomic mass is 10.1. The summed E-state index contributed by atoms with van der Waals surface area (Å²) >= 11 is 0. The Balaban J connectivity index is 2.12. The van der Waals surface area contributed by atoms with Crippen molar-refractivity contribution in [2.75, 3.05) is 20.3 Å². The van der Waals surface area contributed by atoms with E-state index in [-0.39, 0.29) is 18.4 Å². The molecule has 0 bridgehead atoms. The van der Waals surface area contributed by atoms with Crippen LogP contribution in [-0.4, -0.2) is 43.0 Å². The molecule has 0 saturated carbocycles. The number of benzene rings is 2. The average molecular weight is 399 g/mol. The van der Waals surface area contributed by atoms with Crippen LogP contribution >= 0.6 is 0 Å². The molecule has 0 spiro atoms. The Morgan fingerprint density at radius 2 is 1.83 bits per heavy atom. The molecule has 6 heteroatoms. The van der Waals surface area contributed by atoms with Gasteiger partial charge in [0.2, 0.25) is 5.91 Å². The van der Waals surface area contributed by atoms with E-state index in [1.165, 1.54) is 0 Å². The van der Waals surface area contributed by atoms with Crippen LogP contribution in [0.4, 0.5) is 0 Å². The van der Waals surface area contributed by atoms with E-state index < -0.39 is 6.04 Å². The summed E-state index contributed by atoms with van der Waals surface area (Å²) in [5.41, 5.74) is 1.96. The van der Waals surface area contributed by atoms with Crippen molar-refractivity contribution in [2.24, 2.45) is 0 Å². The third kappa shape index (κ3) is 6.82. The van der Waals surface area contributed by atoms with E-state index in [4.69, 9.17) is 9.47 Å². The van der Waals surface area contributed by atoms with E-state index >= 15 is 0 Å². The highest BCUT2D eigenvalue weighted by Crippen LogP contribution is 2.16. The highest BCUT2D eigenvalue weighted by molar-refractivity contribution is 5.87. The van der Waals surface area contributed by atoms with Gasteiger partial charge in [0.1, 0.15) is 17.5 Å². The van der Waals surface area contributed by atoms with Crippen LogP contribution < -0.4 is 14.8 Å². The lowest BCUT2D eigenvalue weighted by Gasteiger charge is -2.28. The average Bonchev–Trinajstić information content (AvgIpc) is 2.74.